The lowest BCUT2D eigenvalue weighted by molar-refractivity contribution is -0.120. The molecule has 0 spiro atoms. The van der Waals surface area contributed by atoms with Crippen LogP contribution in [0, 0.1) is 0 Å². The third kappa shape index (κ3) is 6.62. The molecular weight excluding hydrogens is 334 g/mol. The topological polar surface area (TPSA) is 80.6 Å². The summed E-state index contributed by atoms with van der Waals surface area (Å²) < 4.78 is 33.3. The van der Waals surface area contributed by atoms with Crippen LogP contribution in [0.15, 0.2) is 47.1 Å². The van der Waals surface area contributed by atoms with Crippen LogP contribution in [-0.4, -0.2) is 31.5 Å². The van der Waals surface area contributed by atoms with E-state index in [9.17, 15) is 18.4 Å². The summed E-state index contributed by atoms with van der Waals surface area (Å²) in [6.07, 6.45) is 2.10. The van der Waals surface area contributed by atoms with E-state index in [4.69, 9.17) is 4.42 Å². The predicted octanol–water partition coefficient (Wildman–Crippen LogP) is 2.36. The van der Waals surface area contributed by atoms with Gasteiger partial charge in [-0.1, -0.05) is 12.1 Å². The lowest BCUT2D eigenvalue weighted by Crippen LogP contribution is -2.31. The summed E-state index contributed by atoms with van der Waals surface area (Å²) in [6.45, 7) is -2.25. The van der Waals surface area contributed by atoms with Gasteiger partial charge >= 0.3 is 6.61 Å². The van der Waals surface area contributed by atoms with Gasteiger partial charge in [-0.2, -0.15) is 8.78 Å². The molecule has 0 saturated heterocycles. The van der Waals surface area contributed by atoms with Crippen molar-refractivity contribution < 1.29 is 27.5 Å². The second-order valence-corrected chi connectivity index (χ2v) is 5.11. The second-order valence-electron chi connectivity index (χ2n) is 5.11. The molecular formula is C17H18F2N2O4. The van der Waals surface area contributed by atoms with Crippen molar-refractivity contribution in [2.75, 3.05) is 13.1 Å². The number of amides is 2. The Morgan fingerprint density at radius 2 is 1.84 bits per heavy atom. The minimum absolute atomic E-state index is 0.0927. The number of furan rings is 1. The van der Waals surface area contributed by atoms with Crippen molar-refractivity contribution in [2.24, 2.45) is 0 Å². The number of benzene rings is 1. The van der Waals surface area contributed by atoms with Crippen molar-refractivity contribution in [3.8, 4) is 5.75 Å². The van der Waals surface area contributed by atoms with Gasteiger partial charge in [0.05, 0.1) is 6.26 Å². The zero-order valence-electron chi connectivity index (χ0n) is 13.3. The number of ether oxygens (including phenoxy) is 1. The van der Waals surface area contributed by atoms with Crippen LogP contribution < -0.4 is 15.4 Å². The normalized spacial score (nSPS) is 10.5. The van der Waals surface area contributed by atoms with E-state index >= 15 is 0 Å². The first kappa shape index (κ1) is 18.4. The summed E-state index contributed by atoms with van der Waals surface area (Å²) in [5, 5.41) is 5.30. The second kappa shape index (κ2) is 9.41. The van der Waals surface area contributed by atoms with Gasteiger partial charge in [0, 0.05) is 19.5 Å². The van der Waals surface area contributed by atoms with Crippen LogP contribution in [0.1, 0.15) is 22.5 Å². The van der Waals surface area contributed by atoms with Gasteiger partial charge in [-0.3, -0.25) is 9.59 Å². The zero-order chi connectivity index (χ0) is 18.1. The van der Waals surface area contributed by atoms with E-state index in [1.165, 1.54) is 24.5 Å². The van der Waals surface area contributed by atoms with E-state index in [0.29, 0.717) is 13.0 Å². The first-order valence-corrected chi connectivity index (χ1v) is 7.67. The highest BCUT2D eigenvalue weighted by atomic mass is 19.3. The fourth-order valence-corrected chi connectivity index (χ4v) is 2.06. The SMILES string of the molecule is O=C(CCNC(=O)c1ccco1)NCCc1ccc(OC(F)F)cc1. The van der Waals surface area contributed by atoms with E-state index < -0.39 is 6.61 Å². The van der Waals surface area contributed by atoms with Gasteiger partial charge in [0.2, 0.25) is 5.91 Å². The van der Waals surface area contributed by atoms with Crippen molar-refractivity contribution in [2.45, 2.75) is 19.5 Å². The van der Waals surface area contributed by atoms with Gasteiger partial charge in [-0.05, 0) is 36.2 Å². The number of carbonyl (C=O) groups is 2. The Morgan fingerprint density at radius 3 is 2.48 bits per heavy atom. The van der Waals surface area contributed by atoms with E-state index in [1.807, 2.05) is 0 Å². The lowest BCUT2D eigenvalue weighted by atomic mass is 10.1. The first-order valence-electron chi connectivity index (χ1n) is 7.67. The molecule has 0 atom stereocenters. The van der Waals surface area contributed by atoms with Gasteiger partial charge in [-0.25, -0.2) is 0 Å². The number of nitrogens with one attached hydrogen (secondary N) is 2. The summed E-state index contributed by atoms with van der Waals surface area (Å²) in [5.74, 6) is -0.281. The van der Waals surface area contributed by atoms with E-state index in [2.05, 4.69) is 15.4 Å². The average Bonchev–Trinajstić information content (AvgIpc) is 3.10. The standard InChI is InChI=1S/C17H18F2N2O4/c18-17(19)25-13-5-3-12(4-6-13)7-9-20-15(22)8-10-21-16(23)14-2-1-11-24-14/h1-6,11,17H,7-10H2,(H,20,22)(H,21,23). The zero-order valence-corrected chi connectivity index (χ0v) is 13.3. The molecule has 2 N–H and O–H groups in total. The molecule has 1 aromatic carbocycles. The van der Waals surface area contributed by atoms with Gasteiger partial charge in [0.25, 0.3) is 5.91 Å². The minimum Gasteiger partial charge on any atom is -0.459 e. The van der Waals surface area contributed by atoms with Crippen molar-refractivity contribution in [3.05, 3.63) is 54.0 Å². The highest BCUT2D eigenvalue weighted by Crippen LogP contribution is 2.14. The molecule has 0 radical (unpaired) electrons. The Bertz CT molecular complexity index is 672. The van der Waals surface area contributed by atoms with Gasteiger partial charge in [0.15, 0.2) is 5.76 Å². The Kier molecular flexibility index (Phi) is 6.94. The van der Waals surface area contributed by atoms with Crippen LogP contribution in [0.4, 0.5) is 8.78 Å². The molecule has 134 valence electrons. The summed E-state index contributed by atoms with van der Waals surface area (Å²) in [5.41, 5.74) is 0.882. The molecule has 0 fully saturated rings. The molecule has 0 saturated carbocycles. The minimum atomic E-state index is -2.85. The van der Waals surface area contributed by atoms with Crippen LogP contribution in [0.5, 0.6) is 5.75 Å². The molecule has 8 heteroatoms. The maximum atomic E-state index is 12.0. The molecule has 2 aromatic rings. The van der Waals surface area contributed by atoms with Crippen LogP contribution in [-0.2, 0) is 11.2 Å². The van der Waals surface area contributed by atoms with E-state index in [1.54, 1.807) is 18.2 Å². The smallest absolute Gasteiger partial charge is 0.387 e. The molecule has 2 rings (SSSR count). The number of alkyl halides is 2. The third-order valence-electron chi connectivity index (χ3n) is 3.27. The Balaban J connectivity index is 1.61. The maximum absolute atomic E-state index is 12.0. The number of hydrogen-bond donors (Lipinski definition) is 2. The molecule has 0 aliphatic carbocycles. The van der Waals surface area contributed by atoms with Crippen LogP contribution in [0.25, 0.3) is 0 Å². The van der Waals surface area contributed by atoms with Crippen molar-refractivity contribution in [1.29, 1.82) is 0 Å². The van der Waals surface area contributed by atoms with E-state index in [-0.39, 0.29) is 36.3 Å². The first-order chi connectivity index (χ1) is 12.0. The average molecular weight is 352 g/mol. The number of hydrogen-bond acceptors (Lipinski definition) is 4. The molecule has 0 bridgehead atoms. The Morgan fingerprint density at radius 1 is 1.08 bits per heavy atom. The molecule has 25 heavy (non-hydrogen) atoms. The summed E-state index contributed by atoms with van der Waals surface area (Å²) in [6, 6.07) is 9.36. The van der Waals surface area contributed by atoms with Gasteiger partial charge < -0.3 is 19.8 Å². The van der Waals surface area contributed by atoms with Crippen LogP contribution >= 0.6 is 0 Å². The molecule has 0 aliphatic heterocycles. The quantitative estimate of drug-likeness (QED) is 0.726. The molecule has 1 heterocycles. The molecule has 1 aromatic heterocycles. The molecule has 2 amide bonds. The van der Waals surface area contributed by atoms with Crippen molar-refractivity contribution >= 4 is 11.8 Å². The van der Waals surface area contributed by atoms with Crippen LogP contribution in [0.2, 0.25) is 0 Å². The largest absolute Gasteiger partial charge is 0.459 e. The van der Waals surface area contributed by atoms with Crippen molar-refractivity contribution in [3.63, 3.8) is 0 Å². The van der Waals surface area contributed by atoms with Gasteiger partial charge in [0.1, 0.15) is 5.75 Å². The summed E-state index contributed by atoms with van der Waals surface area (Å²) in [4.78, 5) is 23.3. The van der Waals surface area contributed by atoms with Crippen molar-refractivity contribution in [1.82, 2.24) is 10.6 Å². The van der Waals surface area contributed by atoms with E-state index in [0.717, 1.165) is 5.56 Å². The third-order valence-corrected chi connectivity index (χ3v) is 3.27. The summed E-state index contributed by atoms with van der Waals surface area (Å²) >= 11 is 0. The molecule has 6 nitrogen and oxygen atoms in total. The highest BCUT2D eigenvalue weighted by molar-refractivity contribution is 5.91. The molecule has 0 aliphatic rings. The number of halogens is 2. The monoisotopic (exact) mass is 352 g/mol. The Labute approximate surface area is 143 Å². The van der Waals surface area contributed by atoms with Crippen LogP contribution in [0.3, 0.4) is 0 Å². The highest BCUT2D eigenvalue weighted by Gasteiger charge is 2.08. The number of rotatable bonds is 9. The lowest BCUT2D eigenvalue weighted by Gasteiger charge is -2.07. The Hall–Kier alpha value is -2.90. The molecule has 0 unspecified atom stereocenters. The van der Waals surface area contributed by atoms with Gasteiger partial charge in [-0.15, -0.1) is 0 Å². The number of carbonyl (C=O) groups excluding carboxylic acids is 2. The fourth-order valence-electron chi connectivity index (χ4n) is 2.06. The maximum Gasteiger partial charge on any atom is 0.387 e. The fraction of sp³-hybridized carbons (Fsp3) is 0.294. The summed E-state index contributed by atoms with van der Waals surface area (Å²) in [7, 11) is 0. The predicted molar refractivity (Wildman–Crippen MR) is 85.4 cm³/mol.